The van der Waals surface area contributed by atoms with Crippen LogP contribution in [-0.4, -0.2) is 28.3 Å². The zero-order chi connectivity index (χ0) is 23.1. The van der Waals surface area contributed by atoms with Crippen LogP contribution in [0.1, 0.15) is 36.5 Å². The van der Waals surface area contributed by atoms with E-state index in [4.69, 9.17) is 20.9 Å². The highest BCUT2D eigenvalue weighted by atomic mass is 35.5. The maximum Gasteiger partial charge on any atom is 0.308 e. The number of carbonyl (C=O) groups is 1. The highest BCUT2D eigenvalue weighted by molar-refractivity contribution is 6.33. The number of hydrogen-bond acceptors (Lipinski definition) is 5. The van der Waals surface area contributed by atoms with Gasteiger partial charge in [-0.1, -0.05) is 28.9 Å². The summed E-state index contributed by atoms with van der Waals surface area (Å²) in [5.74, 6) is -1.83. The van der Waals surface area contributed by atoms with Gasteiger partial charge < -0.3 is 19.7 Å². The number of hydrogen-bond donors (Lipinski definition) is 2. The fourth-order valence-electron chi connectivity index (χ4n) is 4.97. The molecular formula is C24H21ClF2N2O4. The van der Waals surface area contributed by atoms with E-state index in [1.807, 2.05) is 12.1 Å². The van der Waals surface area contributed by atoms with Crippen LogP contribution in [0.5, 0.6) is 5.75 Å². The van der Waals surface area contributed by atoms with Gasteiger partial charge in [0.25, 0.3) is 0 Å². The molecule has 2 saturated heterocycles. The molecule has 2 aliphatic rings. The molecule has 3 heterocycles. The molecule has 2 bridgehead atoms. The van der Waals surface area contributed by atoms with Crippen LogP contribution in [0, 0.1) is 17.6 Å². The van der Waals surface area contributed by atoms with Crippen LogP contribution in [-0.2, 0) is 11.4 Å². The number of piperidine rings is 1. The number of ether oxygens (including phenoxy) is 1. The van der Waals surface area contributed by atoms with Crippen molar-refractivity contribution in [2.45, 2.75) is 43.9 Å². The summed E-state index contributed by atoms with van der Waals surface area (Å²) in [5, 5.41) is 16.6. The molecule has 5 rings (SSSR count). The van der Waals surface area contributed by atoms with Crippen molar-refractivity contribution < 1.29 is 27.9 Å². The van der Waals surface area contributed by atoms with Crippen molar-refractivity contribution in [3.05, 3.63) is 70.4 Å². The Morgan fingerprint density at radius 1 is 1.18 bits per heavy atom. The van der Waals surface area contributed by atoms with Crippen LogP contribution in [0.2, 0.25) is 5.02 Å². The van der Waals surface area contributed by atoms with Gasteiger partial charge in [0.05, 0.1) is 16.5 Å². The summed E-state index contributed by atoms with van der Waals surface area (Å²) in [6.45, 7) is 0.0240. The smallest absolute Gasteiger partial charge is 0.308 e. The largest absolute Gasteiger partial charge is 0.486 e. The molecule has 0 saturated carbocycles. The molecule has 6 nitrogen and oxygen atoms in total. The lowest BCUT2D eigenvalue weighted by Crippen LogP contribution is -2.47. The number of fused-ring (bicyclic) bond motifs is 2. The zero-order valence-corrected chi connectivity index (χ0v) is 18.2. The first-order valence-electron chi connectivity index (χ1n) is 10.7. The Kier molecular flexibility index (Phi) is 5.80. The van der Waals surface area contributed by atoms with Crippen LogP contribution in [0.3, 0.4) is 0 Å². The average Bonchev–Trinajstić information content (AvgIpc) is 3.42. The van der Waals surface area contributed by atoms with Crippen molar-refractivity contribution in [3.63, 3.8) is 0 Å². The van der Waals surface area contributed by atoms with Gasteiger partial charge in [-0.25, -0.2) is 8.78 Å². The van der Waals surface area contributed by atoms with Crippen LogP contribution in [0.15, 0.2) is 47.0 Å². The lowest BCUT2D eigenvalue weighted by molar-refractivity contribution is -0.144. The zero-order valence-electron chi connectivity index (χ0n) is 17.4. The number of rotatable bonds is 6. The van der Waals surface area contributed by atoms with Crippen molar-refractivity contribution in [1.82, 2.24) is 10.5 Å². The van der Waals surface area contributed by atoms with E-state index in [1.165, 1.54) is 6.07 Å². The van der Waals surface area contributed by atoms with Crippen LogP contribution in [0.4, 0.5) is 8.78 Å². The van der Waals surface area contributed by atoms with E-state index in [-0.39, 0.29) is 34.8 Å². The third-order valence-electron chi connectivity index (χ3n) is 6.51. The minimum absolute atomic E-state index is 0.0132. The summed E-state index contributed by atoms with van der Waals surface area (Å²) in [5.41, 5.74) is 0.887. The first-order chi connectivity index (χ1) is 15.9. The Morgan fingerprint density at radius 3 is 2.70 bits per heavy atom. The Morgan fingerprint density at radius 2 is 1.94 bits per heavy atom. The molecule has 1 aromatic heterocycles. The lowest BCUT2D eigenvalue weighted by atomic mass is 9.77. The number of nitrogens with one attached hydrogen (secondary N) is 1. The third-order valence-corrected chi connectivity index (χ3v) is 6.88. The molecule has 33 heavy (non-hydrogen) atoms. The summed E-state index contributed by atoms with van der Waals surface area (Å²) >= 11 is 5.88. The summed E-state index contributed by atoms with van der Waals surface area (Å²) < 4.78 is 38.7. The number of halogens is 3. The average molecular weight is 475 g/mol. The van der Waals surface area contributed by atoms with Crippen LogP contribution >= 0.6 is 11.6 Å². The second-order valence-electron chi connectivity index (χ2n) is 8.51. The van der Waals surface area contributed by atoms with Gasteiger partial charge in [0.1, 0.15) is 29.7 Å². The Balaban J connectivity index is 1.27. The van der Waals surface area contributed by atoms with Gasteiger partial charge in [0, 0.05) is 24.1 Å². The Bertz CT molecular complexity index is 1180. The summed E-state index contributed by atoms with van der Waals surface area (Å²) in [6, 6.07) is 11.1. The Labute approximate surface area is 193 Å². The molecule has 0 radical (unpaired) electrons. The topological polar surface area (TPSA) is 84.6 Å². The fraction of sp³-hybridized carbons (Fsp3) is 0.333. The highest BCUT2D eigenvalue weighted by Gasteiger charge is 2.45. The molecular weight excluding hydrogens is 454 g/mol. The van der Waals surface area contributed by atoms with Crippen LogP contribution in [0.25, 0.3) is 11.3 Å². The number of aromatic nitrogens is 1. The maximum atomic E-state index is 14.1. The van der Waals surface area contributed by atoms with E-state index in [9.17, 15) is 18.7 Å². The minimum atomic E-state index is -0.769. The maximum absolute atomic E-state index is 14.1. The van der Waals surface area contributed by atoms with Gasteiger partial charge in [-0.05, 0) is 49.1 Å². The Hall–Kier alpha value is -2.97. The predicted octanol–water partition coefficient (Wildman–Crippen LogP) is 5.16. The number of aliphatic carboxylic acids is 1. The second kappa shape index (κ2) is 8.76. The molecule has 2 aliphatic heterocycles. The summed E-state index contributed by atoms with van der Waals surface area (Å²) in [6.07, 6.45) is 2.70. The van der Waals surface area contributed by atoms with E-state index in [0.717, 1.165) is 37.0 Å². The minimum Gasteiger partial charge on any atom is -0.486 e. The summed E-state index contributed by atoms with van der Waals surface area (Å²) in [4.78, 5) is 11.9. The van der Waals surface area contributed by atoms with E-state index in [2.05, 4.69) is 10.5 Å². The van der Waals surface area contributed by atoms with Gasteiger partial charge >= 0.3 is 5.97 Å². The monoisotopic (exact) mass is 474 g/mol. The van der Waals surface area contributed by atoms with Gasteiger partial charge in [-0.3, -0.25) is 4.79 Å². The number of carboxylic acids is 1. The summed E-state index contributed by atoms with van der Waals surface area (Å²) in [7, 11) is 0. The van der Waals surface area contributed by atoms with Crippen molar-refractivity contribution in [3.8, 4) is 17.0 Å². The second-order valence-corrected chi connectivity index (χ2v) is 8.89. The molecule has 0 unspecified atom stereocenters. The van der Waals surface area contributed by atoms with Gasteiger partial charge in [-0.15, -0.1) is 0 Å². The molecule has 4 atom stereocenters. The third kappa shape index (κ3) is 4.20. The van der Waals surface area contributed by atoms with E-state index >= 15 is 0 Å². The molecule has 0 amide bonds. The molecule has 9 heteroatoms. The quantitative estimate of drug-likeness (QED) is 0.480. The van der Waals surface area contributed by atoms with Crippen molar-refractivity contribution in [1.29, 1.82) is 0 Å². The van der Waals surface area contributed by atoms with E-state index in [1.54, 1.807) is 12.1 Å². The number of benzene rings is 2. The number of nitrogens with zero attached hydrogens (tertiary/aromatic N) is 1. The van der Waals surface area contributed by atoms with E-state index in [0.29, 0.717) is 17.6 Å². The molecule has 172 valence electrons. The first kappa shape index (κ1) is 21.9. The standard InChI is InChI=1S/C24H21ClF2N2O4/c25-23-18(27)7-6-17(26)22(23)20-10-15(33-29-20)11-32-14-4-1-12(2-5-14)16-9-13-3-8-19(28-13)21(16)24(30)31/h1-2,4-7,10,13,16,19,21,28H,3,8-9,11H2,(H,30,31)/t13-,16+,19+,21+/m0/s1. The number of carboxylic acid groups (broad SMARTS) is 1. The fourth-order valence-corrected chi connectivity index (χ4v) is 5.22. The molecule has 3 aromatic rings. The molecule has 2 fully saturated rings. The molecule has 2 N–H and O–H groups in total. The molecule has 0 aliphatic carbocycles. The van der Waals surface area contributed by atoms with Gasteiger partial charge in [0.2, 0.25) is 0 Å². The van der Waals surface area contributed by atoms with Crippen molar-refractivity contribution >= 4 is 17.6 Å². The van der Waals surface area contributed by atoms with Gasteiger partial charge in [0.15, 0.2) is 5.76 Å². The molecule has 0 spiro atoms. The van der Waals surface area contributed by atoms with Crippen molar-refractivity contribution in [2.24, 2.45) is 5.92 Å². The predicted molar refractivity (Wildman–Crippen MR) is 116 cm³/mol. The van der Waals surface area contributed by atoms with Gasteiger partial charge in [-0.2, -0.15) is 0 Å². The highest BCUT2D eigenvalue weighted by Crippen LogP contribution is 2.42. The first-order valence-corrected chi connectivity index (χ1v) is 11.1. The van der Waals surface area contributed by atoms with Crippen molar-refractivity contribution in [2.75, 3.05) is 0 Å². The molecule has 2 aromatic carbocycles. The normalized spacial score (nSPS) is 24.1. The van der Waals surface area contributed by atoms with Crippen LogP contribution < -0.4 is 10.1 Å². The lowest BCUT2D eigenvalue weighted by Gasteiger charge is -2.35. The SMILES string of the molecule is O=C(O)[C@@H]1[C@@H](c2ccc(OCc3cc(-c4c(F)ccc(F)c4Cl)no3)cc2)C[C@@H]2CC[C@H]1N2. The van der Waals surface area contributed by atoms with E-state index < -0.39 is 23.5 Å².